The molecule has 1 saturated heterocycles. The van der Waals surface area contributed by atoms with Gasteiger partial charge in [0.15, 0.2) is 0 Å². The van der Waals surface area contributed by atoms with E-state index in [1.165, 1.54) is 4.88 Å². The molecule has 1 unspecified atom stereocenters. The molecule has 21 heavy (non-hydrogen) atoms. The van der Waals surface area contributed by atoms with E-state index in [9.17, 15) is 8.42 Å². The average Bonchev–Trinajstić information content (AvgIpc) is 2.94. The highest BCUT2D eigenvalue weighted by molar-refractivity contribution is 7.87. The molecular weight excluding hydrogens is 308 g/mol. The molecule has 1 aromatic heterocycles. The van der Waals surface area contributed by atoms with Crippen LogP contribution in [-0.4, -0.2) is 44.4 Å². The number of nitrogens with zero attached hydrogens (tertiary/aromatic N) is 2. The van der Waals surface area contributed by atoms with E-state index < -0.39 is 10.2 Å². The Hall–Kier alpha value is -0.540. The second kappa shape index (κ2) is 7.64. The third kappa shape index (κ3) is 4.72. The van der Waals surface area contributed by atoms with E-state index in [0.717, 1.165) is 30.8 Å². The molecule has 0 radical (unpaired) electrons. The van der Waals surface area contributed by atoms with Gasteiger partial charge in [0.2, 0.25) is 0 Å². The first-order chi connectivity index (χ1) is 10.0. The molecule has 6 nitrogen and oxygen atoms in total. The van der Waals surface area contributed by atoms with Gasteiger partial charge in [-0.3, -0.25) is 0 Å². The molecule has 1 aliphatic rings. The summed E-state index contributed by atoms with van der Waals surface area (Å²) in [6.45, 7) is 4.40. The van der Waals surface area contributed by atoms with Crippen molar-refractivity contribution in [2.45, 2.75) is 32.7 Å². The Morgan fingerprint density at radius 1 is 1.52 bits per heavy atom. The van der Waals surface area contributed by atoms with Crippen LogP contribution in [0, 0.1) is 5.92 Å². The zero-order valence-corrected chi connectivity index (χ0v) is 14.3. The average molecular weight is 332 g/mol. The lowest BCUT2D eigenvalue weighted by molar-refractivity contribution is 0.261. The van der Waals surface area contributed by atoms with Crippen LogP contribution in [0.1, 0.15) is 29.7 Å². The topological polar surface area (TPSA) is 74.3 Å². The van der Waals surface area contributed by atoms with Gasteiger partial charge in [-0.15, -0.1) is 11.3 Å². The molecule has 0 amide bonds. The molecule has 2 heterocycles. The van der Waals surface area contributed by atoms with Gasteiger partial charge in [0.25, 0.3) is 10.2 Å². The van der Waals surface area contributed by atoms with Gasteiger partial charge in [-0.2, -0.15) is 17.4 Å². The SMILES string of the molecule is CCc1cnc(CNS(=O)(=O)N2CCCC(CNC)C2)s1. The van der Waals surface area contributed by atoms with Gasteiger partial charge in [0.1, 0.15) is 5.01 Å². The molecule has 0 spiro atoms. The summed E-state index contributed by atoms with van der Waals surface area (Å²) in [5.41, 5.74) is 0. The van der Waals surface area contributed by atoms with Gasteiger partial charge in [-0.05, 0) is 38.8 Å². The van der Waals surface area contributed by atoms with Gasteiger partial charge < -0.3 is 5.32 Å². The highest BCUT2D eigenvalue weighted by Gasteiger charge is 2.28. The molecule has 0 saturated carbocycles. The molecule has 0 aromatic carbocycles. The van der Waals surface area contributed by atoms with Crippen molar-refractivity contribution >= 4 is 21.5 Å². The van der Waals surface area contributed by atoms with Crippen LogP contribution in [0.15, 0.2) is 6.20 Å². The van der Waals surface area contributed by atoms with E-state index in [0.29, 0.717) is 19.0 Å². The number of aromatic nitrogens is 1. The van der Waals surface area contributed by atoms with Crippen LogP contribution >= 0.6 is 11.3 Å². The van der Waals surface area contributed by atoms with Gasteiger partial charge in [0, 0.05) is 24.2 Å². The maximum Gasteiger partial charge on any atom is 0.279 e. The first-order valence-electron chi connectivity index (χ1n) is 7.38. The second-order valence-electron chi connectivity index (χ2n) is 5.32. The predicted octanol–water partition coefficient (Wildman–Crippen LogP) is 0.971. The monoisotopic (exact) mass is 332 g/mol. The van der Waals surface area contributed by atoms with Crippen LogP contribution in [0.3, 0.4) is 0 Å². The normalized spacial score (nSPS) is 20.8. The van der Waals surface area contributed by atoms with Crippen LogP contribution in [-0.2, 0) is 23.2 Å². The minimum atomic E-state index is -3.41. The Labute approximate surface area is 131 Å². The molecule has 2 rings (SSSR count). The lowest BCUT2D eigenvalue weighted by Crippen LogP contribution is -2.47. The summed E-state index contributed by atoms with van der Waals surface area (Å²) in [6, 6.07) is 0. The zero-order chi connectivity index (χ0) is 15.3. The number of thiazole rings is 1. The smallest absolute Gasteiger partial charge is 0.279 e. The van der Waals surface area contributed by atoms with E-state index in [4.69, 9.17) is 0 Å². The molecule has 1 fully saturated rings. The first-order valence-corrected chi connectivity index (χ1v) is 9.63. The van der Waals surface area contributed by atoms with E-state index >= 15 is 0 Å². The first kappa shape index (κ1) is 16.8. The Morgan fingerprint density at radius 2 is 2.33 bits per heavy atom. The highest BCUT2D eigenvalue weighted by atomic mass is 32.2. The maximum atomic E-state index is 12.4. The van der Waals surface area contributed by atoms with Crippen LogP contribution < -0.4 is 10.0 Å². The number of nitrogens with one attached hydrogen (secondary N) is 2. The Kier molecular flexibility index (Phi) is 6.12. The van der Waals surface area contributed by atoms with Crippen LogP contribution in [0.25, 0.3) is 0 Å². The number of piperidine rings is 1. The standard InChI is InChI=1S/C13H24N4O2S2/c1-3-12-8-15-13(20-12)9-16-21(18,19)17-6-4-5-11(10-17)7-14-2/h8,11,14,16H,3-7,9-10H2,1-2H3. The molecule has 2 N–H and O–H groups in total. The Morgan fingerprint density at radius 3 is 3.00 bits per heavy atom. The summed E-state index contributed by atoms with van der Waals surface area (Å²) < 4.78 is 28.9. The van der Waals surface area contributed by atoms with Crippen LogP contribution in [0.2, 0.25) is 0 Å². The molecule has 1 atom stereocenters. The molecule has 1 aliphatic heterocycles. The van der Waals surface area contributed by atoms with Crippen molar-refractivity contribution in [1.29, 1.82) is 0 Å². The fraction of sp³-hybridized carbons (Fsp3) is 0.769. The number of hydrogen-bond donors (Lipinski definition) is 2. The van der Waals surface area contributed by atoms with Crippen molar-refractivity contribution in [3.63, 3.8) is 0 Å². The second-order valence-corrected chi connectivity index (χ2v) is 8.28. The van der Waals surface area contributed by atoms with Crippen LogP contribution in [0.5, 0.6) is 0 Å². The fourth-order valence-corrected chi connectivity index (χ4v) is 4.71. The molecule has 8 heteroatoms. The third-order valence-corrected chi connectivity index (χ3v) is 6.33. The molecular formula is C13H24N4O2S2. The van der Waals surface area contributed by atoms with Crippen molar-refractivity contribution in [2.75, 3.05) is 26.7 Å². The summed E-state index contributed by atoms with van der Waals surface area (Å²) in [5, 5.41) is 3.94. The van der Waals surface area contributed by atoms with Crippen molar-refractivity contribution in [1.82, 2.24) is 19.3 Å². The fourth-order valence-electron chi connectivity index (χ4n) is 2.54. The minimum Gasteiger partial charge on any atom is -0.319 e. The predicted molar refractivity (Wildman–Crippen MR) is 85.5 cm³/mol. The molecule has 120 valence electrons. The third-order valence-electron chi connectivity index (χ3n) is 3.67. The van der Waals surface area contributed by atoms with Gasteiger partial charge in [-0.25, -0.2) is 4.98 Å². The van der Waals surface area contributed by atoms with E-state index in [1.54, 1.807) is 15.6 Å². The number of aryl methyl sites for hydroxylation is 1. The number of hydrogen-bond acceptors (Lipinski definition) is 5. The summed E-state index contributed by atoms with van der Waals surface area (Å²) in [4.78, 5) is 5.42. The minimum absolute atomic E-state index is 0.278. The maximum absolute atomic E-state index is 12.4. The van der Waals surface area contributed by atoms with Gasteiger partial charge in [0.05, 0.1) is 6.54 Å². The highest BCUT2D eigenvalue weighted by Crippen LogP contribution is 2.19. The van der Waals surface area contributed by atoms with Crippen molar-refractivity contribution in [2.24, 2.45) is 5.92 Å². The molecule has 1 aromatic rings. The number of rotatable bonds is 7. The van der Waals surface area contributed by atoms with Crippen molar-refractivity contribution in [3.8, 4) is 0 Å². The lowest BCUT2D eigenvalue weighted by Gasteiger charge is -2.31. The largest absolute Gasteiger partial charge is 0.319 e. The zero-order valence-electron chi connectivity index (χ0n) is 12.6. The van der Waals surface area contributed by atoms with Gasteiger partial charge in [-0.1, -0.05) is 6.92 Å². The Bertz CT molecular complexity index is 542. The summed E-state index contributed by atoms with van der Waals surface area (Å²) in [6.07, 6.45) is 4.75. The van der Waals surface area contributed by atoms with Crippen molar-refractivity contribution < 1.29 is 8.42 Å². The molecule has 0 bridgehead atoms. The summed E-state index contributed by atoms with van der Waals surface area (Å²) >= 11 is 1.56. The van der Waals surface area contributed by atoms with E-state index in [1.807, 2.05) is 13.2 Å². The molecule has 0 aliphatic carbocycles. The van der Waals surface area contributed by atoms with E-state index in [-0.39, 0.29) is 6.54 Å². The summed E-state index contributed by atoms with van der Waals surface area (Å²) in [5.74, 6) is 0.395. The van der Waals surface area contributed by atoms with Crippen molar-refractivity contribution in [3.05, 3.63) is 16.1 Å². The van der Waals surface area contributed by atoms with Gasteiger partial charge >= 0.3 is 0 Å². The van der Waals surface area contributed by atoms with Crippen LogP contribution in [0.4, 0.5) is 0 Å². The van der Waals surface area contributed by atoms with E-state index in [2.05, 4.69) is 21.9 Å². The Balaban J connectivity index is 1.91. The quantitative estimate of drug-likeness (QED) is 0.780. The lowest BCUT2D eigenvalue weighted by atomic mass is 10.00. The summed E-state index contributed by atoms with van der Waals surface area (Å²) in [7, 11) is -1.51.